The molecule has 0 atom stereocenters. The minimum absolute atomic E-state index is 0.0718. The first-order valence-electron chi connectivity index (χ1n) is 11.1. The van der Waals surface area contributed by atoms with Gasteiger partial charge in [0.05, 0.1) is 16.8 Å². The van der Waals surface area contributed by atoms with Crippen LogP contribution in [0.4, 0.5) is 0 Å². The smallest absolute Gasteiger partial charge is 0.267 e. The molecule has 35 heavy (non-hydrogen) atoms. The van der Waals surface area contributed by atoms with Crippen LogP contribution in [0.15, 0.2) is 87.5 Å². The van der Waals surface area contributed by atoms with Crippen molar-refractivity contribution < 1.29 is 8.42 Å². The number of aromatic nitrogens is 3. The normalized spacial score (nSPS) is 11.9. The van der Waals surface area contributed by atoms with Gasteiger partial charge in [-0.15, -0.1) is 0 Å². The lowest BCUT2D eigenvalue weighted by molar-refractivity contribution is 0.591. The molecule has 0 aliphatic heterocycles. The number of nitrogens with zero attached hydrogens (tertiary/aromatic N) is 3. The summed E-state index contributed by atoms with van der Waals surface area (Å²) in [6.45, 7) is 5.92. The zero-order valence-electron chi connectivity index (χ0n) is 19.6. The third kappa shape index (κ3) is 3.95. The summed E-state index contributed by atoms with van der Waals surface area (Å²) in [5.41, 5.74) is 3.85. The fraction of sp³-hybridized carbons (Fsp3) is 0.148. The van der Waals surface area contributed by atoms with Crippen molar-refractivity contribution in [1.29, 1.82) is 5.41 Å². The van der Waals surface area contributed by atoms with Crippen LogP contribution in [0.3, 0.4) is 0 Å². The summed E-state index contributed by atoms with van der Waals surface area (Å²) < 4.78 is 30.2. The first-order valence-corrected chi connectivity index (χ1v) is 12.6. The van der Waals surface area contributed by atoms with E-state index in [-0.39, 0.29) is 38.4 Å². The summed E-state index contributed by atoms with van der Waals surface area (Å²) in [5.74, 6) is 0. The molecule has 0 saturated heterocycles. The van der Waals surface area contributed by atoms with Crippen molar-refractivity contribution in [3.63, 3.8) is 0 Å². The molecule has 1 N–H and O–H groups in total. The molecule has 3 aromatic heterocycles. The number of rotatable bonds is 4. The van der Waals surface area contributed by atoms with Gasteiger partial charge >= 0.3 is 0 Å². The van der Waals surface area contributed by atoms with Gasteiger partial charge in [0.1, 0.15) is 21.7 Å². The monoisotopic (exact) mass is 484 g/mol. The van der Waals surface area contributed by atoms with Crippen molar-refractivity contribution in [1.82, 2.24) is 14.0 Å². The molecule has 5 rings (SSSR count). The Balaban J connectivity index is 1.87. The lowest BCUT2D eigenvalue weighted by Crippen LogP contribution is -2.30. The average Bonchev–Trinajstić information content (AvgIpc) is 2.83. The van der Waals surface area contributed by atoms with Crippen LogP contribution in [0.1, 0.15) is 22.3 Å². The lowest BCUT2D eigenvalue weighted by atomic mass is 10.1. The lowest BCUT2D eigenvalue weighted by Gasteiger charge is -2.15. The van der Waals surface area contributed by atoms with Gasteiger partial charge in [-0.05, 0) is 56.2 Å². The number of fused-ring (bicyclic) bond motifs is 2. The molecular weight excluding hydrogens is 460 g/mol. The predicted molar refractivity (Wildman–Crippen MR) is 134 cm³/mol. The van der Waals surface area contributed by atoms with Crippen LogP contribution in [0.5, 0.6) is 0 Å². The highest BCUT2D eigenvalue weighted by atomic mass is 32.2. The summed E-state index contributed by atoms with van der Waals surface area (Å²) in [6, 6.07) is 19.1. The van der Waals surface area contributed by atoms with Gasteiger partial charge in [0.25, 0.3) is 5.56 Å². The number of hydrogen-bond acceptors (Lipinski definition) is 5. The van der Waals surface area contributed by atoms with Crippen LogP contribution in [0, 0.1) is 26.2 Å². The number of benzene rings is 2. The van der Waals surface area contributed by atoms with Gasteiger partial charge in [-0.25, -0.2) is 13.4 Å². The molecule has 5 aromatic rings. The third-order valence-corrected chi connectivity index (χ3v) is 7.88. The second kappa shape index (κ2) is 8.32. The fourth-order valence-corrected chi connectivity index (χ4v) is 5.48. The van der Waals surface area contributed by atoms with Gasteiger partial charge in [-0.3, -0.25) is 14.6 Å². The maximum atomic E-state index is 13.6. The molecule has 0 amide bonds. The van der Waals surface area contributed by atoms with Crippen LogP contribution in [-0.4, -0.2) is 22.4 Å². The average molecular weight is 485 g/mol. The zero-order valence-corrected chi connectivity index (χ0v) is 20.4. The highest BCUT2D eigenvalue weighted by Crippen LogP contribution is 2.22. The largest absolute Gasteiger partial charge is 0.305 e. The maximum absolute atomic E-state index is 13.6. The Bertz CT molecular complexity index is 1830. The van der Waals surface area contributed by atoms with Crippen LogP contribution in [0.2, 0.25) is 0 Å². The summed E-state index contributed by atoms with van der Waals surface area (Å²) in [4.78, 5) is 18.0. The van der Waals surface area contributed by atoms with E-state index in [1.807, 2.05) is 51.1 Å². The van der Waals surface area contributed by atoms with Crippen LogP contribution >= 0.6 is 0 Å². The van der Waals surface area contributed by atoms with E-state index in [2.05, 4.69) is 4.98 Å². The summed E-state index contributed by atoms with van der Waals surface area (Å²) in [5, 5.41) is 9.06. The van der Waals surface area contributed by atoms with Crippen molar-refractivity contribution >= 4 is 26.5 Å². The highest BCUT2D eigenvalue weighted by Gasteiger charge is 2.24. The molecule has 0 aliphatic carbocycles. The van der Waals surface area contributed by atoms with Crippen LogP contribution < -0.4 is 11.0 Å². The second-order valence-corrected chi connectivity index (χ2v) is 10.8. The number of sulfone groups is 1. The van der Waals surface area contributed by atoms with Gasteiger partial charge in [0, 0.05) is 6.20 Å². The molecule has 7 nitrogen and oxygen atoms in total. The topological polar surface area (TPSA) is 97.3 Å². The first kappa shape index (κ1) is 22.7. The molecule has 0 bridgehead atoms. The molecule has 3 heterocycles. The molecule has 0 fully saturated rings. The predicted octanol–water partition coefficient (Wildman–Crippen LogP) is 3.94. The van der Waals surface area contributed by atoms with E-state index >= 15 is 0 Å². The Morgan fingerprint density at radius 3 is 2.11 bits per heavy atom. The van der Waals surface area contributed by atoms with E-state index in [1.54, 1.807) is 24.4 Å². The zero-order chi connectivity index (χ0) is 24.9. The molecule has 8 heteroatoms. The Labute approximate surface area is 202 Å². The number of nitrogens with one attached hydrogen (secondary N) is 1. The van der Waals surface area contributed by atoms with Crippen LogP contribution in [0.25, 0.3) is 16.7 Å². The Morgan fingerprint density at radius 1 is 0.857 bits per heavy atom. The molecular formula is C27H24N4O3S. The van der Waals surface area contributed by atoms with E-state index in [0.717, 1.165) is 22.3 Å². The minimum Gasteiger partial charge on any atom is -0.305 e. The Kier molecular flexibility index (Phi) is 5.40. The van der Waals surface area contributed by atoms with Gasteiger partial charge in [0.15, 0.2) is 0 Å². The number of pyridine rings is 2. The highest BCUT2D eigenvalue weighted by molar-refractivity contribution is 7.91. The van der Waals surface area contributed by atoms with Gasteiger partial charge < -0.3 is 4.57 Å². The van der Waals surface area contributed by atoms with E-state index in [9.17, 15) is 13.2 Å². The van der Waals surface area contributed by atoms with Gasteiger partial charge in [-0.1, -0.05) is 53.6 Å². The number of hydrogen-bond donors (Lipinski definition) is 1. The number of aryl methyl sites for hydroxylation is 3. The molecule has 0 radical (unpaired) electrons. The van der Waals surface area contributed by atoms with Crippen LogP contribution in [-0.2, 0) is 16.4 Å². The van der Waals surface area contributed by atoms with Crippen molar-refractivity contribution in [3.8, 4) is 0 Å². The summed E-state index contributed by atoms with van der Waals surface area (Å²) >= 11 is 0. The fourth-order valence-electron chi connectivity index (χ4n) is 4.10. The van der Waals surface area contributed by atoms with E-state index in [0.29, 0.717) is 5.65 Å². The summed E-state index contributed by atoms with van der Waals surface area (Å²) in [6.07, 6.45) is 1.68. The van der Waals surface area contributed by atoms with Gasteiger partial charge in [-0.2, -0.15) is 0 Å². The first-order chi connectivity index (χ1) is 16.6. The minimum atomic E-state index is -4.06. The molecule has 0 spiro atoms. The van der Waals surface area contributed by atoms with Gasteiger partial charge in [0.2, 0.25) is 9.84 Å². The molecule has 0 unspecified atom stereocenters. The third-order valence-electron chi connectivity index (χ3n) is 6.10. The Morgan fingerprint density at radius 2 is 1.46 bits per heavy atom. The SMILES string of the molecule is Cc1ccc(Cn2c(=N)c(S(=O)(=O)c3ccc(C)cc3)cc3c(=O)n4cc(C)ccc4nc32)cc1. The van der Waals surface area contributed by atoms with Crippen molar-refractivity contribution in [3.05, 3.63) is 111 Å². The molecule has 0 aliphatic rings. The Hall–Kier alpha value is -4.04. The van der Waals surface area contributed by atoms with Crippen molar-refractivity contribution in [2.45, 2.75) is 37.1 Å². The molecule has 2 aromatic carbocycles. The van der Waals surface area contributed by atoms with E-state index in [4.69, 9.17) is 5.41 Å². The van der Waals surface area contributed by atoms with Crippen molar-refractivity contribution in [2.75, 3.05) is 0 Å². The standard InChI is InChI=1S/C27H24N4O3S/c1-17-4-9-20(10-5-17)16-31-25(28)23(35(33,34)21-11-6-18(2)7-12-21)14-22-26(31)29-24-13-8-19(3)15-30(24)27(22)32/h4-15,28H,16H2,1-3H3. The van der Waals surface area contributed by atoms with Crippen molar-refractivity contribution in [2.24, 2.45) is 0 Å². The van der Waals surface area contributed by atoms with E-state index < -0.39 is 9.84 Å². The quantitative estimate of drug-likeness (QED) is 0.391. The second-order valence-electron chi connectivity index (χ2n) is 8.83. The molecule has 0 saturated carbocycles. The maximum Gasteiger partial charge on any atom is 0.267 e. The molecule has 176 valence electrons. The van der Waals surface area contributed by atoms with E-state index in [1.165, 1.54) is 27.2 Å². The summed E-state index contributed by atoms with van der Waals surface area (Å²) in [7, 11) is -4.06.